The number of anilines is 1. The maximum atomic E-state index is 12.8. The molecule has 1 aliphatic heterocycles. The smallest absolute Gasteiger partial charge is 0.328 e. The van der Waals surface area contributed by atoms with E-state index in [1.54, 1.807) is 10.8 Å². The van der Waals surface area contributed by atoms with E-state index in [4.69, 9.17) is 10.1 Å². The van der Waals surface area contributed by atoms with Crippen LogP contribution < -0.4 is 10.6 Å². The lowest BCUT2D eigenvalue weighted by Crippen LogP contribution is -2.44. The molecule has 9 heteroatoms. The molecule has 0 atom stereocenters. The van der Waals surface area contributed by atoms with Crippen molar-refractivity contribution >= 4 is 17.0 Å². The zero-order chi connectivity index (χ0) is 26.2. The number of nitrogens with zero attached hydrogens (tertiary/aromatic N) is 7. The van der Waals surface area contributed by atoms with Gasteiger partial charge in [-0.2, -0.15) is 5.10 Å². The molecular weight excluding hydrogens is 476 g/mol. The van der Waals surface area contributed by atoms with Gasteiger partial charge in [0.2, 0.25) is 0 Å². The number of rotatable bonds is 6. The van der Waals surface area contributed by atoms with Gasteiger partial charge in [-0.3, -0.25) is 4.57 Å². The van der Waals surface area contributed by atoms with Crippen molar-refractivity contribution in [1.82, 2.24) is 34.2 Å². The van der Waals surface area contributed by atoms with Gasteiger partial charge in [-0.15, -0.1) is 0 Å². The quantitative estimate of drug-likeness (QED) is 0.374. The average Bonchev–Trinajstić information content (AvgIpc) is 3.54. The molecular formula is C29H32N8O. The summed E-state index contributed by atoms with van der Waals surface area (Å²) < 4.78 is 3.58. The summed E-state index contributed by atoms with van der Waals surface area (Å²) in [5.41, 5.74) is 5.19. The van der Waals surface area contributed by atoms with E-state index in [0.717, 1.165) is 48.8 Å². The normalized spacial score (nSPS) is 14.6. The van der Waals surface area contributed by atoms with Crippen LogP contribution in [0.4, 0.5) is 5.82 Å². The van der Waals surface area contributed by atoms with Gasteiger partial charge in [0.05, 0.1) is 18.4 Å². The predicted octanol–water partition coefficient (Wildman–Crippen LogP) is 3.90. The molecule has 3 aromatic heterocycles. The Morgan fingerprint density at radius 2 is 1.74 bits per heavy atom. The van der Waals surface area contributed by atoms with Crippen LogP contribution in [0.25, 0.3) is 28.2 Å². The Morgan fingerprint density at radius 3 is 2.50 bits per heavy atom. The molecule has 0 spiro atoms. The van der Waals surface area contributed by atoms with Crippen LogP contribution >= 0.6 is 0 Å². The molecule has 0 unspecified atom stereocenters. The highest BCUT2D eigenvalue weighted by atomic mass is 16.1. The maximum absolute atomic E-state index is 12.8. The monoisotopic (exact) mass is 508 g/mol. The summed E-state index contributed by atoms with van der Waals surface area (Å²) in [4.78, 5) is 29.8. The number of imidazole rings is 1. The van der Waals surface area contributed by atoms with Gasteiger partial charge < -0.3 is 14.8 Å². The number of piperazine rings is 1. The molecule has 0 saturated carbocycles. The number of fused-ring (bicyclic) bond motifs is 1. The zero-order valence-corrected chi connectivity index (χ0v) is 22.0. The summed E-state index contributed by atoms with van der Waals surface area (Å²) in [5.74, 6) is 1.96. The molecule has 5 aromatic rings. The van der Waals surface area contributed by atoms with Gasteiger partial charge in [-0.25, -0.2) is 19.4 Å². The largest absolute Gasteiger partial charge is 0.353 e. The molecule has 194 valence electrons. The Balaban J connectivity index is 1.25. The number of benzene rings is 2. The molecule has 4 heterocycles. The molecule has 1 fully saturated rings. The van der Waals surface area contributed by atoms with E-state index in [0.29, 0.717) is 29.5 Å². The van der Waals surface area contributed by atoms with Crippen molar-refractivity contribution < 1.29 is 0 Å². The van der Waals surface area contributed by atoms with Crippen LogP contribution in [0.15, 0.2) is 71.8 Å². The van der Waals surface area contributed by atoms with Crippen LogP contribution in [0.1, 0.15) is 30.9 Å². The lowest BCUT2D eigenvalue weighted by molar-refractivity contribution is 0.312. The van der Waals surface area contributed by atoms with Crippen molar-refractivity contribution in [2.24, 2.45) is 0 Å². The van der Waals surface area contributed by atoms with Crippen molar-refractivity contribution in [3.05, 3.63) is 88.6 Å². The lowest BCUT2D eigenvalue weighted by atomic mass is 9.97. The van der Waals surface area contributed by atoms with Crippen LogP contribution in [0.2, 0.25) is 0 Å². The van der Waals surface area contributed by atoms with Crippen LogP contribution in [-0.4, -0.2) is 67.4 Å². The minimum absolute atomic E-state index is 0.198. The number of hydrogen-bond acceptors (Lipinski definition) is 6. The van der Waals surface area contributed by atoms with E-state index in [9.17, 15) is 4.79 Å². The number of aromatic amines is 1. The number of hydrogen-bond donors (Lipinski definition) is 1. The fraction of sp³-hybridized carbons (Fsp3) is 0.310. The summed E-state index contributed by atoms with van der Waals surface area (Å²) in [5, 5.41) is 4.79. The van der Waals surface area contributed by atoms with Gasteiger partial charge in [0.1, 0.15) is 5.52 Å². The Hall–Kier alpha value is -4.24. The summed E-state index contributed by atoms with van der Waals surface area (Å²) in [6, 6.07) is 18.4. The molecule has 0 amide bonds. The zero-order valence-electron chi connectivity index (χ0n) is 22.0. The standard InChI is InChI=1S/C29H32N8O/c1-20(2)23-6-4-5-7-24(23)27-30-18-25-28(32-27)36(29(38)31-25)19-21-8-10-22(11-9-21)37-13-12-26(33-37)35-16-14-34(3)15-17-35/h4-13,18,20H,14-17,19H2,1-3H3,(H,31,38). The van der Waals surface area contributed by atoms with Crippen molar-refractivity contribution in [3.8, 4) is 17.1 Å². The van der Waals surface area contributed by atoms with E-state index in [-0.39, 0.29) is 5.69 Å². The number of likely N-dealkylation sites (N-methyl/N-ethyl adjacent to an activating group) is 1. The number of nitrogens with one attached hydrogen (secondary N) is 1. The molecule has 9 nitrogen and oxygen atoms in total. The van der Waals surface area contributed by atoms with E-state index in [1.165, 1.54) is 5.56 Å². The van der Waals surface area contributed by atoms with Gasteiger partial charge in [0.25, 0.3) is 0 Å². The minimum Gasteiger partial charge on any atom is -0.353 e. The van der Waals surface area contributed by atoms with Gasteiger partial charge >= 0.3 is 5.69 Å². The second kappa shape index (κ2) is 9.90. The van der Waals surface area contributed by atoms with Gasteiger partial charge in [-0.1, -0.05) is 50.2 Å². The Labute approximate surface area is 221 Å². The second-order valence-corrected chi connectivity index (χ2v) is 10.3. The molecule has 0 bridgehead atoms. The van der Waals surface area contributed by atoms with Gasteiger partial charge in [-0.05, 0) is 36.2 Å². The highest BCUT2D eigenvalue weighted by Gasteiger charge is 2.17. The maximum Gasteiger partial charge on any atom is 0.328 e. The molecule has 1 N–H and O–H groups in total. The minimum atomic E-state index is -0.198. The molecule has 0 aliphatic carbocycles. The summed E-state index contributed by atoms with van der Waals surface area (Å²) in [6.07, 6.45) is 3.70. The van der Waals surface area contributed by atoms with Crippen LogP contribution in [-0.2, 0) is 6.54 Å². The van der Waals surface area contributed by atoms with Gasteiger partial charge in [0, 0.05) is 44.0 Å². The van der Waals surface area contributed by atoms with Crippen molar-refractivity contribution in [2.45, 2.75) is 26.3 Å². The summed E-state index contributed by atoms with van der Waals surface area (Å²) in [6.45, 7) is 8.79. The first-order valence-electron chi connectivity index (χ1n) is 13.1. The third-order valence-corrected chi connectivity index (χ3v) is 7.28. The third-order valence-electron chi connectivity index (χ3n) is 7.28. The first-order chi connectivity index (χ1) is 18.5. The van der Waals surface area contributed by atoms with Crippen molar-refractivity contribution in [1.29, 1.82) is 0 Å². The Bertz CT molecular complexity index is 1620. The highest BCUT2D eigenvalue weighted by Crippen LogP contribution is 2.27. The predicted molar refractivity (Wildman–Crippen MR) is 150 cm³/mol. The summed E-state index contributed by atoms with van der Waals surface area (Å²) >= 11 is 0. The molecule has 2 aromatic carbocycles. The van der Waals surface area contributed by atoms with Crippen molar-refractivity contribution in [3.63, 3.8) is 0 Å². The van der Waals surface area contributed by atoms with Crippen LogP contribution in [0.3, 0.4) is 0 Å². The fourth-order valence-electron chi connectivity index (χ4n) is 5.03. The highest BCUT2D eigenvalue weighted by molar-refractivity contribution is 5.73. The molecule has 38 heavy (non-hydrogen) atoms. The van der Waals surface area contributed by atoms with Gasteiger partial charge in [0.15, 0.2) is 17.3 Å². The van der Waals surface area contributed by atoms with E-state index in [2.05, 4.69) is 52.8 Å². The summed E-state index contributed by atoms with van der Waals surface area (Å²) in [7, 11) is 2.15. The fourth-order valence-corrected chi connectivity index (χ4v) is 5.03. The first kappa shape index (κ1) is 24.1. The lowest BCUT2D eigenvalue weighted by Gasteiger charge is -2.32. The molecule has 6 rings (SSSR count). The number of H-pyrrole nitrogens is 1. The SMILES string of the molecule is CC(C)c1ccccc1-c1ncc2[nH]c(=O)n(Cc3ccc(-n4ccc(N5CCN(C)CC5)n4)cc3)c2n1. The van der Waals surface area contributed by atoms with Crippen LogP contribution in [0, 0.1) is 0 Å². The van der Waals surface area contributed by atoms with Crippen LogP contribution in [0.5, 0.6) is 0 Å². The number of aromatic nitrogens is 6. The Kier molecular flexibility index (Phi) is 6.29. The molecule has 0 radical (unpaired) electrons. The third kappa shape index (κ3) is 4.61. The van der Waals surface area contributed by atoms with E-state index >= 15 is 0 Å². The van der Waals surface area contributed by atoms with E-state index in [1.807, 2.05) is 53.3 Å². The van der Waals surface area contributed by atoms with E-state index < -0.39 is 0 Å². The molecule has 1 saturated heterocycles. The van der Waals surface area contributed by atoms with Crippen molar-refractivity contribution in [2.75, 3.05) is 38.1 Å². The Morgan fingerprint density at radius 1 is 0.974 bits per heavy atom. The average molecular weight is 509 g/mol. The second-order valence-electron chi connectivity index (χ2n) is 10.3. The first-order valence-corrected chi connectivity index (χ1v) is 13.1. The topological polar surface area (TPSA) is 87.9 Å². The molecule has 1 aliphatic rings.